The van der Waals surface area contributed by atoms with Crippen LogP contribution in [-0.2, 0) is 9.59 Å². The van der Waals surface area contributed by atoms with Crippen LogP contribution < -0.4 is 19.9 Å². The largest absolute Gasteiger partial charge is 0.427 e. The Morgan fingerprint density at radius 2 is 1.97 bits per heavy atom. The molecule has 33 heavy (non-hydrogen) atoms. The normalized spacial score (nSPS) is 14.3. The first-order chi connectivity index (χ1) is 15.7. The van der Waals surface area contributed by atoms with E-state index in [-0.39, 0.29) is 27.9 Å². The number of esters is 1. The molecule has 0 saturated heterocycles. The number of hydrogen-bond acceptors (Lipinski definition) is 8. The number of thioether (sulfide) groups is 1. The maximum atomic E-state index is 13.1. The number of nitrogens with one attached hydrogen (secondary N) is 1. The highest BCUT2D eigenvalue weighted by molar-refractivity contribution is 7.98. The molecule has 1 aromatic heterocycles. The molecule has 11 nitrogen and oxygen atoms in total. The number of nitro benzene ring substituents is 1. The third-order valence-corrected chi connectivity index (χ3v) is 5.60. The molecule has 0 spiro atoms. The number of rotatable bonds is 4. The lowest BCUT2D eigenvalue weighted by Gasteiger charge is -2.31. The van der Waals surface area contributed by atoms with E-state index in [9.17, 15) is 24.5 Å². The third-order valence-electron chi connectivity index (χ3n) is 5.03. The summed E-state index contributed by atoms with van der Waals surface area (Å²) in [6.07, 6.45) is 0.528. The van der Waals surface area contributed by atoms with E-state index < -0.39 is 28.5 Å². The van der Waals surface area contributed by atoms with Crippen molar-refractivity contribution in [2.24, 2.45) is 0 Å². The number of aromatic amines is 1. The quantitative estimate of drug-likeness (QED) is 0.153. The number of carbonyl (C=O) groups excluding carboxylic acids is 2. The number of benzene rings is 2. The fraction of sp³-hybridized carbons (Fsp3) is 0.190. The van der Waals surface area contributed by atoms with Gasteiger partial charge in [-0.15, -0.1) is 0 Å². The molecule has 1 N–H and O–H groups in total. The third kappa shape index (κ3) is 3.84. The van der Waals surface area contributed by atoms with Crippen molar-refractivity contribution in [3.8, 4) is 17.0 Å². The molecule has 0 fully saturated rings. The molecule has 0 aliphatic carbocycles. The standard InChI is InChI=1S/C21H17N5O6S/c1-11(27)24-16-7-5-4-6-14(16)18-19(29)22-21(33-3)23-25(18)20(24)15-10-13(32-12(2)28)8-9-17(15)26(30)31/h4-10,20H,1-3H3/p+1/t20-/m0/s1. The lowest BCUT2D eigenvalue weighted by molar-refractivity contribution is -0.763. The first-order valence-corrected chi connectivity index (χ1v) is 10.9. The minimum absolute atomic E-state index is 0.0276. The van der Waals surface area contributed by atoms with Crippen molar-refractivity contribution in [3.05, 3.63) is 68.5 Å². The van der Waals surface area contributed by atoms with Crippen LogP contribution in [0.1, 0.15) is 25.6 Å². The van der Waals surface area contributed by atoms with Gasteiger partial charge in [-0.2, -0.15) is 0 Å². The average molecular weight is 468 g/mol. The number of hydrogen-bond donors (Lipinski definition) is 1. The molecule has 12 heteroatoms. The second-order valence-corrected chi connectivity index (χ2v) is 7.90. The summed E-state index contributed by atoms with van der Waals surface area (Å²) in [5, 5.41) is 16.6. The van der Waals surface area contributed by atoms with Crippen LogP contribution in [0, 0.1) is 10.1 Å². The number of para-hydroxylation sites is 1. The molecule has 1 aliphatic heterocycles. The van der Waals surface area contributed by atoms with Gasteiger partial charge in [0.1, 0.15) is 11.3 Å². The van der Waals surface area contributed by atoms with Gasteiger partial charge in [-0.3, -0.25) is 29.5 Å². The van der Waals surface area contributed by atoms with Gasteiger partial charge in [0.05, 0.1) is 16.2 Å². The molecule has 0 radical (unpaired) electrons. The van der Waals surface area contributed by atoms with Crippen LogP contribution in [0.25, 0.3) is 11.3 Å². The van der Waals surface area contributed by atoms with E-state index in [2.05, 4.69) is 10.1 Å². The summed E-state index contributed by atoms with van der Waals surface area (Å²) in [4.78, 5) is 52.8. The lowest BCUT2D eigenvalue weighted by Crippen LogP contribution is -2.60. The topological polar surface area (TPSA) is 139 Å². The first kappa shape index (κ1) is 22.1. The highest BCUT2D eigenvalue weighted by atomic mass is 32.2. The maximum absolute atomic E-state index is 13.1. The Kier molecular flexibility index (Phi) is 5.68. The minimum Gasteiger partial charge on any atom is -0.427 e. The summed E-state index contributed by atoms with van der Waals surface area (Å²) in [6.45, 7) is 2.52. The fourth-order valence-electron chi connectivity index (χ4n) is 3.82. The molecule has 168 valence electrons. The molecule has 0 bridgehead atoms. The van der Waals surface area contributed by atoms with Crippen LogP contribution in [0.2, 0.25) is 0 Å². The lowest BCUT2D eigenvalue weighted by atomic mass is 10.0. The van der Waals surface area contributed by atoms with Crippen LogP contribution in [-0.4, -0.2) is 33.1 Å². The summed E-state index contributed by atoms with van der Waals surface area (Å²) in [5.74, 6) is -0.979. The Morgan fingerprint density at radius 1 is 1.24 bits per heavy atom. The first-order valence-electron chi connectivity index (χ1n) is 9.69. The van der Waals surface area contributed by atoms with Gasteiger partial charge in [0.25, 0.3) is 11.9 Å². The second kappa shape index (κ2) is 8.47. The van der Waals surface area contributed by atoms with Gasteiger partial charge in [0.2, 0.25) is 11.1 Å². The molecular formula is C21H18N5O6S+. The number of fused-ring (bicyclic) bond motifs is 3. The van der Waals surface area contributed by atoms with Gasteiger partial charge >= 0.3 is 17.2 Å². The number of ether oxygens (including phenoxy) is 1. The molecule has 3 aromatic rings. The minimum atomic E-state index is -1.18. The molecule has 2 aromatic carbocycles. The fourth-order valence-corrected chi connectivity index (χ4v) is 4.19. The Labute approximate surface area is 191 Å². The van der Waals surface area contributed by atoms with Crippen molar-refractivity contribution in [2.45, 2.75) is 25.2 Å². The number of nitrogens with zero attached hydrogens (tertiary/aromatic N) is 4. The van der Waals surface area contributed by atoms with Crippen molar-refractivity contribution in [3.63, 3.8) is 0 Å². The zero-order valence-electron chi connectivity index (χ0n) is 17.8. The molecule has 2 heterocycles. The average Bonchev–Trinajstić information content (AvgIpc) is 2.76. The number of aromatic nitrogens is 3. The smallest absolute Gasteiger partial charge is 0.325 e. The number of H-pyrrole nitrogens is 1. The van der Waals surface area contributed by atoms with Gasteiger partial charge in [-0.25, -0.2) is 4.90 Å². The van der Waals surface area contributed by atoms with Crippen LogP contribution in [0.3, 0.4) is 0 Å². The predicted molar refractivity (Wildman–Crippen MR) is 118 cm³/mol. The van der Waals surface area contributed by atoms with Crippen LogP contribution in [0.4, 0.5) is 11.4 Å². The highest BCUT2D eigenvalue weighted by Gasteiger charge is 2.47. The van der Waals surface area contributed by atoms with Gasteiger partial charge in [0, 0.05) is 25.0 Å². The zero-order valence-corrected chi connectivity index (χ0v) is 18.6. The Morgan fingerprint density at radius 3 is 2.61 bits per heavy atom. The summed E-state index contributed by atoms with van der Waals surface area (Å²) in [6, 6.07) is 10.5. The van der Waals surface area contributed by atoms with Crippen LogP contribution in [0.5, 0.6) is 5.75 Å². The number of nitro groups is 1. The van der Waals surface area contributed by atoms with E-state index >= 15 is 0 Å². The molecule has 1 amide bonds. The molecule has 1 aliphatic rings. The van der Waals surface area contributed by atoms with E-state index in [1.807, 2.05) is 0 Å². The summed E-state index contributed by atoms with van der Waals surface area (Å²) < 4.78 is 6.44. The van der Waals surface area contributed by atoms with Crippen molar-refractivity contribution in [1.29, 1.82) is 0 Å². The van der Waals surface area contributed by atoms with Gasteiger partial charge in [-0.05, 0) is 35.2 Å². The van der Waals surface area contributed by atoms with Gasteiger partial charge in [-0.1, -0.05) is 23.9 Å². The van der Waals surface area contributed by atoms with Crippen molar-refractivity contribution >= 4 is 35.0 Å². The van der Waals surface area contributed by atoms with E-state index in [0.717, 1.165) is 0 Å². The Bertz CT molecular complexity index is 1370. The van der Waals surface area contributed by atoms with Crippen molar-refractivity contribution in [2.75, 3.05) is 11.2 Å². The molecular weight excluding hydrogens is 450 g/mol. The van der Waals surface area contributed by atoms with E-state index in [1.54, 1.807) is 30.5 Å². The molecule has 0 unspecified atom stereocenters. The van der Waals surface area contributed by atoms with E-state index in [4.69, 9.17) is 4.74 Å². The monoisotopic (exact) mass is 468 g/mol. The van der Waals surface area contributed by atoms with Crippen molar-refractivity contribution < 1.29 is 23.9 Å². The zero-order chi connectivity index (χ0) is 23.9. The number of amides is 1. The van der Waals surface area contributed by atoms with E-state index in [1.165, 1.54) is 53.4 Å². The molecule has 4 rings (SSSR count). The second-order valence-electron chi connectivity index (χ2n) is 7.11. The predicted octanol–water partition coefficient (Wildman–Crippen LogP) is 2.19. The molecule has 0 saturated carbocycles. The highest BCUT2D eigenvalue weighted by Crippen LogP contribution is 2.40. The van der Waals surface area contributed by atoms with Crippen LogP contribution >= 0.6 is 11.8 Å². The van der Waals surface area contributed by atoms with E-state index in [0.29, 0.717) is 11.3 Å². The Balaban J connectivity index is 2.11. The summed E-state index contributed by atoms with van der Waals surface area (Å²) >= 11 is 1.17. The maximum Gasteiger partial charge on any atom is 0.325 e. The van der Waals surface area contributed by atoms with Crippen molar-refractivity contribution in [1.82, 2.24) is 10.1 Å². The van der Waals surface area contributed by atoms with Gasteiger partial charge in [0.15, 0.2) is 0 Å². The summed E-state index contributed by atoms with van der Waals surface area (Å²) in [7, 11) is 0. The number of carbonyl (C=O) groups is 2. The van der Waals surface area contributed by atoms with Gasteiger partial charge < -0.3 is 4.74 Å². The SMILES string of the molecule is CSc1n[n+]2c(c(=O)[nH]1)-c1ccccc1N(C(C)=O)[C@@H]2c1cc(OC(C)=O)ccc1[N+](=O)[O-]. The molecule has 1 atom stereocenters. The van der Waals surface area contributed by atoms with Crippen LogP contribution in [0.15, 0.2) is 52.4 Å². The number of anilines is 1. The summed E-state index contributed by atoms with van der Waals surface area (Å²) in [5.41, 5.74) is 0.218. The Hall–Kier alpha value is -4.06.